The maximum Gasteiger partial charge on any atom is 0.240 e. The monoisotopic (exact) mass is 353 g/mol. The molecule has 0 aliphatic carbocycles. The number of rotatable bonds is 4. The van der Waals surface area contributed by atoms with Crippen LogP contribution in [0.3, 0.4) is 0 Å². The van der Waals surface area contributed by atoms with E-state index < -0.39 is 5.25 Å². The lowest BCUT2D eigenvalue weighted by Crippen LogP contribution is -2.28. The molecule has 3 rings (SSSR count). The van der Waals surface area contributed by atoms with E-state index in [4.69, 9.17) is 0 Å². The molecule has 1 saturated heterocycles. The summed E-state index contributed by atoms with van der Waals surface area (Å²) in [6.45, 7) is 3.98. The number of benzene rings is 2. The Morgan fingerprint density at radius 2 is 1.96 bits per heavy atom. The summed E-state index contributed by atoms with van der Waals surface area (Å²) >= 11 is 1.30. The Bertz CT molecular complexity index is 834. The quantitative estimate of drug-likeness (QED) is 0.883. The first-order valence-corrected chi connectivity index (χ1v) is 8.87. The molecular formula is C19H19N3O2S. The molecule has 0 bridgehead atoms. The van der Waals surface area contributed by atoms with Crippen molar-refractivity contribution in [3.05, 3.63) is 59.7 Å². The van der Waals surface area contributed by atoms with Crippen molar-refractivity contribution in [1.82, 2.24) is 5.32 Å². The van der Waals surface area contributed by atoms with Gasteiger partial charge >= 0.3 is 0 Å². The van der Waals surface area contributed by atoms with Crippen LogP contribution in [-0.4, -0.2) is 22.2 Å². The Balaban J connectivity index is 1.65. The molecule has 25 heavy (non-hydrogen) atoms. The van der Waals surface area contributed by atoms with Crippen LogP contribution in [-0.2, 0) is 9.59 Å². The zero-order valence-corrected chi connectivity index (χ0v) is 14.9. The molecule has 0 radical (unpaired) electrons. The molecule has 2 aromatic rings. The van der Waals surface area contributed by atoms with E-state index in [1.165, 1.54) is 11.8 Å². The van der Waals surface area contributed by atoms with Crippen molar-refractivity contribution in [3.63, 3.8) is 0 Å². The topological polar surface area (TPSA) is 70.6 Å². The normalized spacial score (nSPS) is 18.2. The molecule has 2 N–H and O–H groups in total. The van der Waals surface area contributed by atoms with E-state index in [-0.39, 0.29) is 18.2 Å². The molecule has 1 heterocycles. The van der Waals surface area contributed by atoms with E-state index >= 15 is 0 Å². The Hall–Kier alpha value is -2.60. The number of aliphatic imine (C=N–C) groups is 1. The minimum atomic E-state index is -0.465. The van der Waals surface area contributed by atoms with E-state index in [1.54, 1.807) is 0 Å². The fourth-order valence-corrected chi connectivity index (χ4v) is 3.42. The van der Waals surface area contributed by atoms with Gasteiger partial charge in [0.15, 0.2) is 5.17 Å². The van der Waals surface area contributed by atoms with Gasteiger partial charge in [0, 0.05) is 12.1 Å². The number of hydrogen-bond acceptors (Lipinski definition) is 4. The molecule has 1 atom stereocenters. The summed E-state index contributed by atoms with van der Waals surface area (Å²) in [7, 11) is 0. The van der Waals surface area contributed by atoms with Crippen molar-refractivity contribution in [3.8, 4) is 0 Å². The molecule has 1 aliphatic rings. The number of carbonyl (C=O) groups excluding carboxylic acids is 2. The molecule has 2 amide bonds. The van der Waals surface area contributed by atoms with Crippen LogP contribution in [0.15, 0.2) is 53.5 Å². The summed E-state index contributed by atoms with van der Waals surface area (Å²) in [6.07, 6.45) is 0.108. The van der Waals surface area contributed by atoms with E-state index in [0.29, 0.717) is 5.17 Å². The lowest BCUT2D eigenvalue weighted by atomic mass is 10.1. The maximum absolute atomic E-state index is 12.1. The molecular weight excluding hydrogens is 334 g/mol. The Kier molecular flexibility index (Phi) is 5.19. The number of carbonyl (C=O) groups is 2. The molecule has 1 fully saturated rings. The zero-order chi connectivity index (χ0) is 17.8. The molecule has 0 spiro atoms. The van der Waals surface area contributed by atoms with Crippen LogP contribution < -0.4 is 10.6 Å². The Labute approximate surface area is 150 Å². The van der Waals surface area contributed by atoms with E-state index in [9.17, 15) is 9.59 Å². The molecule has 1 aliphatic heterocycles. The first kappa shape index (κ1) is 17.2. The minimum Gasteiger partial charge on any atom is -0.326 e. The van der Waals surface area contributed by atoms with Gasteiger partial charge in [-0.2, -0.15) is 0 Å². The first-order chi connectivity index (χ1) is 12.0. The van der Waals surface area contributed by atoms with E-state index in [0.717, 1.165) is 22.5 Å². The SMILES string of the molecule is Cc1ccc(C)c(N=C2NC(=O)[C@H](CC(=O)Nc3ccccc3)S2)c1. The van der Waals surface area contributed by atoms with Crippen molar-refractivity contribution < 1.29 is 9.59 Å². The van der Waals surface area contributed by atoms with Crippen molar-refractivity contribution in [1.29, 1.82) is 0 Å². The van der Waals surface area contributed by atoms with Gasteiger partial charge in [-0.05, 0) is 43.2 Å². The van der Waals surface area contributed by atoms with Gasteiger partial charge in [-0.25, -0.2) is 4.99 Å². The fraction of sp³-hybridized carbons (Fsp3) is 0.211. The summed E-state index contributed by atoms with van der Waals surface area (Å²) in [4.78, 5) is 28.8. The highest BCUT2D eigenvalue weighted by atomic mass is 32.2. The average Bonchev–Trinajstić information content (AvgIpc) is 2.91. The minimum absolute atomic E-state index is 0.108. The Morgan fingerprint density at radius 1 is 1.20 bits per heavy atom. The van der Waals surface area contributed by atoms with Crippen LogP contribution in [0.25, 0.3) is 0 Å². The van der Waals surface area contributed by atoms with E-state index in [1.807, 2.05) is 62.4 Å². The predicted octanol–water partition coefficient (Wildman–Crippen LogP) is 3.55. The number of nitrogens with zero attached hydrogens (tertiary/aromatic N) is 1. The second kappa shape index (κ2) is 7.53. The molecule has 5 nitrogen and oxygen atoms in total. The van der Waals surface area contributed by atoms with Crippen LogP contribution in [0.5, 0.6) is 0 Å². The Morgan fingerprint density at radius 3 is 2.72 bits per heavy atom. The number of amidine groups is 1. The first-order valence-electron chi connectivity index (χ1n) is 7.99. The molecule has 2 aromatic carbocycles. The second-order valence-electron chi connectivity index (χ2n) is 5.92. The van der Waals surface area contributed by atoms with Gasteiger partial charge in [0.1, 0.15) is 5.25 Å². The van der Waals surface area contributed by atoms with Gasteiger partial charge < -0.3 is 10.6 Å². The number of thioether (sulfide) groups is 1. The molecule has 0 saturated carbocycles. The van der Waals surface area contributed by atoms with Gasteiger partial charge in [-0.3, -0.25) is 9.59 Å². The average molecular weight is 353 g/mol. The van der Waals surface area contributed by atoms with Crippen molar-refractivity contribution in [2.75, 3.05) is 5.32 Å². The number of para-hydroxylation sites is 1. The van der Waals surface area contributed by atoms with Crippen LogP contribution in [0.2, 0.25) is 0 Å². The van der Waals surface area contributed by atoms with Crippen LogP contribution in [0.4, 0.5) is 11.4 Å². The molecule has 0 aromatic heterocycles. The van der Waals surface area contributed by atoms with Gasteiger partial charge in [0.2, 0.25) is 11.8 Å². The lowest BCUT2D eigenvalue weighted by Gasteiger charge is -2.07. The summed E-state index contributed by atoms with van der Waals surface area (Å²) < 4.78 is 0. The highest BCUT2D eigenvalue weighted by Crippen LogP contribution is 2.27. The van der Waals surface area contributed by atoms with Crippen molar-refractivity contribution in [2.45, 2.75) is 25.5 Å². The van der Waals surface area contributed by atoms with Gasteiger partial charge in [0.05, 0.1) is 5.69 Å². The molecule has 6 heteroatoms. The second-order valence-corrected chi connectivity index (χ2v) is 7.11. The molecule has 128 valence electrons. The summed E-state index contributed by atoms with van der Waals surface area (Å²) in [6, 6.07) is 15.2. The smallest absolute Gasteiger partial charge is 0.240 e. The lowest BCUT2D eigenvalue weighted by molar-refractivity contribution is -0.122. The van der Waals surface area contributed by atoms with Crippen LogP contribution in [0, 0.1) is 13.8 Å². The van der Waals surface area contributed by atoms with Gasteiger partial charge in [0.25, 0.3) is 0 Å². The summed E-state index contributed by atoms with van der Waals surface area (Å²) in [5, 5.41) is 5.63. The largest absolute Gasteiger partial charge is 0.326 e. The maximum atomic E-state index is 12.1. The highest BCUT2D eigenvalue weighted by Gasteiger charge is 2.32. The van der Waals surface area contributed by atoms with Gasteiger partial charge in [-0.1, -0.05) is 42.1 Å². The third kappa shape index (κ3) is 4.48. The number of anilines is 1. The predicted molar refractivity (Wildman–Crippen MR) is 102 cm³/mol. The number of aryl methyl sites for hydroxylation is 2. The summed E-state index contributed by atoms with van der Waals surface area (Å²) in [5.41, 5.74) is 3.70. The van der Waals surface area contributed by atoms with E-state index in [2.05, 4.69) is 15.6 Å². The summed E-state index contributed by atoms with van der Waals surface area (Å²) in [5.74, 6) is -0.371. The third-order valence-corrected chi connectivity index (χ3v) is 4.87. The van der Waals surface area contributed by atoms with Crippen LogP contribution >= 0.6 is 11.8 Å². The molecule has 0 unspecified atom stereocenters. The van der Waals surface area contributed by atoms with Crippen molar-refractivity contribution >= 4 is 40.1 Å². The number of hydrogen-bond donors (Lipinski definition) is 2. The highest BCUT2D eigenvalue weighted by molar-refractivity contribution is 8.15. The third-order valence-electron chi connectivity index (χ3n) is 3.79. The fourth-order valence-electron chi connectivity index (χ4n) is 2.44. The van der Waals surface area contributed by atoms with Crippen molar-refractivity contribution in [2.24, 2.45) is 4.99 Å². The standard InChI is InChI=1S/C19H19N3O2S/c1-12-8-9-13(2)15(10-12)21-19-22-18(24)16(25-19)11-17(23)20-14-6-4-3-5-7-14/h3-10,16H,11H2,1-2H3,(H,20,23)(H,21,22,24)/t16-/m0/s1. The number of nitrogens with one attached hydrogen (secondary N) is 2. The number of amides is 2. The zero-order valence-electron chi connectivity index (χ0n) is 14.1. The van der Waals surface area contributed by atoms with Crippen LogP contribution in [0.1, 0.15) is 17.5 Å². The van der Waals surface area contributed by atoms with Gasteiger partial charge in [-0.15, -0.1) is 0 Å².